The van der Waals surface area contributed by atoms with E-state index in [2.05, 4.69) is 5.32 Å². The molecule has 0 aromatic carbocycles. The number of hydrogen-bond acceptors (Lipinski definition) is 7. The molecule has 0 aromatic rings. The molecule has 0 aromatic heterocycles. The molecule has 1 N–H and O–H groups in total. The largest absolute Gasteiger partial charge is 0.469 e. The molecule has 1 amide bonds. The number of esters is 2. The molecule has 31 heavy (non-hydrogen) atoms. The first-order chi connectivity index (χ1) is 14.1. The van der Waals surface area contributed by atoms with Crippen LogP contribution in [-0.2, 0) is 23.9 Å². The SMILES string of the molecule is CCC(C)(CC(C)(CC(C)(C)C(=O)NCCN(C)C)C(=O)OCCN(C)C)C(=O)OC. The Morgan fingerprint density at radius 1 is 0.839 bits per heavy atom. The fourth-order valence-corrected chi connectivity index (χ4v) is 3.84. The molecule has 2 unspecified atom stereocenters. The van der Waals surface area contributed by atoms with E-state index < -0.39 is 22.2 Å². The van der Waals surface area contributed by atoms with Gasteiger partial charge in [-0.05, 0) is 61.3 Å². The van der Waals surface area contributed by atoms with Gasteiger partial charge in [0.15, 0.2) is 0 Å². The van der Waals surface area contributed by atoms with E-state index in [1.807, 2.05) is 58.8 Å². The van der Waals surface area contributed by atoms with Gasteiger partial charge in [0, 0.05) is 25.0 Å². The van der Waals surface area contributed by atoms with E-state index in [0.717, 1.165) is 6.54 Å². The molecule has 0 rings (SSSR count). The van der Waals surface area contributed by atoms with Crippen LogP contribution in [-0.4, -0.2) is 89.2 Å². The molecule has 8 nitrogen and oxygen atoms in total. The van der Waals surface area contributed by atoms with Crippen molar-refractivity contribution in [2.75, 3.05) is 61.5 Å². The first kappa shape index (κ1) is 29.3. The van der Waals surface area contributed by atoms with Crippen molar-refractivity contribution in [1.29, 1.82) is 0 Å². The summed E-state index contributed by atoms with van der Waals surface area (Å²) in [6.45, 7) is 11.2. The molecular formula is C23H45N3O5. The minimum absolute atomic E-state index is 0.127. The van der Waals surface area contributed by atoms with Crippen molar-refractivity contribution in [3.8, 4) is 0 Å². The number of rotatable bonds is 14. The fraction of sp³-hybridized carbons (Fsp3) is 0.870. The van der Waals surface area contributed by atoms with Gasteiger partial charge in [-0.25, -0.2) is 0 Å². The van der Waals surface area contributed by atoms with Gasteiger partial charge in [0.1, 0.15) is 6.61 Å². The molecular weight excluding hydrogens is 398 g/mol. The first-order valence-corrected chi connectivity index (χ1v) is 11.0. The van der Waals surface area contributed by atoms with Crippen LogP contribution in [0.15, 0.2) is 0 Å². The summed E-state index contributed by atoms with van der Waals surface area (Å²) in [6, 6.07) is 0. The topological polar surface area (TPSA) is 88.2 Å². The lowest BCUT2D eigenvalue weighted by molar-refractivity contribution is -0.165. The summed E-state index contributed by atoms with van der Waals surface area (Å²) in [6.07, 6.45) is 0.995. The number of hydrogen-bond donors (Lipinski definition) is 1. The molecule has 0 saturated carbocycles. The van der Waals surface area contributed by atoms with Gasteiger partial charge < -0.3 is 24.6 Å². The van der Waals surface area contributed by atoms with Crippen LogP contribution in [0.3, 0.4) is 0 Å². The molecule has 0 spiro atoms. The Hall–Kier alpha value is -1.67. The third-order valence-corrected chi connectivity index (χ3v) is 5.79. The van der Waals surface area contributed by atoms with Gasteiger partial charge in [0.05, 0.1) is 17.9 Å². The second kappa shape index (κ2) is 12.4. The minimum atomic E-state index is -1.03. The van der Waals surface area contributed by atoms with Gasteiger partial charge in [-0.3, -0.25) is 14.4 Å². The summed E-state index contributed by atoms with van der Waals surface area (Å²) in [5.74, 6) is -0.888. The molecule has 0 aliphatic heterocycles. The minimum Gasteiger partial charge on any atom is -0.469 e. The van der Waals surface area contributed by atoms with E-state index >= 15 is 0 Å². The van der Waals surface area contributed by atoms with Gasteiger partial charge in [-0.2, -0.15) is 0 Å². The van der Waals surface area contributed by atoms with Crippen LogP contribution in [0.1, 0.15) is 53.9 Å². The van der Waals surface area contributed by atoms with E-state index in [-0.39, 0.29) is 31.3 Å². The van der Waals surface area contributed by atoms with Gasteiger partial charge in [0.2, 0.25) is 5.91 Å². The van der Waals surface area contributed by atoms with Crippen molar-refractivity contribution >= 4 is 17.8 Å². The predicted octanol–water partition coefficient (Wildman–Crippen LogP) is 2.17. The average molecular weight is 444 g/mol. The zero-order valence-corrected chi connectivity index (χ0v) is 21.4. The van der Waals surface area contributed by atoms with Crippen molar-refractivity contribution in [3.63, 3.8) is 0 Å². The van der Waals surface area contributed by atoms with Crippen molar-refractivity contribution in [2.45, 2.75) is 53.9 Å². The number of likely N-dealkylation sites (N-methyl/N-ethyl adjacent to an activating group) is 2. The molecule has 2 atom stereocenters. The Kier molecular flexibility index (Phi) is 11.7. The van der Waals surface area contributed by atoms with E-state index in [1.165, 1.54) is 7.11 Å². The summed E-state index contributed by atoms with van der Waals surface area (Å²) < 4.78 is 10.6. The van der Waals surface area contributed by atoms with Crippen molar-refractivity contribution in [3.05, 3.63) is 0 Å². The first-order valence-electron chi connectivity index (χ1n) is 11.0. The fourth-order valence-electron chi connectivity index (χ4n) is 3.84. The zero-order chi connectivity index (χ0) is 24.5. The third-order valence-electron chi connectivity index (χ3n) is 5.79. The number of nitrogens with zero attached hydrogens (tertiary/aromatic N) is 2. The Balaban J connectivity index is 5.71. The Morgan fingerprint density at radius 3 is 1.84 bits per heavy atom. The van der Waals surface area contributed by atoms with Crippen LogP contribution < -0.4 is 5.32 Å². The maximum absolute atomic E-state index is 13.2. The van der Waals surface area contributed by atoms with Gasteiger partial charge in [-0.15, -0.1) is 0 Å². The summed E-state index contributed by atoms with van der Waals surface area (Å²) >= 11 is 0. The molecule has 0 bridgehead atoms. The van der Waals surface area contributed by atoms with Crippen LogP contribution in [0.2, 0.25) is 0 Å². The van der Waals surface area contributed by atoms with E-state index in [0.29, 0.717) is 19.5 Å². The summed E-state index contributed by atoms with van der Waals surface area (Å²) in [5.41, 5.74) is -2.72. The number of nitrogens with one attached hydrogen (secondary N) is 1. The highest BCUT2D eigenvalue weighted by Gasteiger charge is 2.49. The smallest absolute Gasteiger partial charge is 0.311 e. The van der Waals surface area contributed by atoms with Gasteiger partial charge in [-0.1, -0.05) is 20.8 Å². The number of carbonyl (C=O) groups excluding carboxylic acids is 3. The Bertz CT molecular complexity index is 606. The molecule has 0 radical (unpaired) electrons. The highest BCUT2D eigenvalue weighted by Crippen LogP contribution is 2.45. The maximum Gasteiger partial charge on any atom is 0.311 e. The zero-order valence-electron chi connectivity index (χ0n) is 21.4. The molecule has 182 valence electrons. The van der Waals surface area contributed by atoms with E-state index in [1.54, 1.807) is 13.8 Å². The molecule has 0 heterocycles. The molecule has 0 aliphatic rings. The molecule has 0 fully saturated rings. The summed E-state index contributed by atoms with van der Waals surface area (Å²) in [4.78, 5) is 42.5. The molecule has 0 aliphatic carbocycles. The lowest BCUT2D eigenvalue weighted by Gasteiger charge is -2.40. The van der Waals surface area contributed by atoms with Gasteiger partial charge in [0.25, 0.3) is 0 Å². The van der Waals surface area contributed by atoms with E-state index in [9.17, 15) is 14.4 Å². The lowest BCUT2D eigenvalue weighted by atomic mass is 9.65. The highest BCUT2D eigenvalue weighted by atomic mass is 16.5. The maximum atomic E-state index is 13.2. The van der Waals surface area contributed by atoms with Crippen molar-refractivity contribution in [2.24, 2.45) is 16.2 Å². The van der Waals surface area contributed by atoms with Crippen molar-refractivity contribution < 1.29 is 23.9 Å². The van der Waals surface area contributed by atoms with Crippen LogP contribution >= 0.6 is 0 Å². The molecule has 8 heteroatoms. The second-order valence-corrected chi connectivity index (χ2v) is 10.2. The second-order valence-electron chi connectivity index (χ2n) is 10.2. The van der Waals surface area contributed by atoms with Crippen LogP contribution in [0.4, 0.5) is 0 Å². The monoisotopic (exact) mass is 443 g/mol. The van der Waals surface area contributed by atoms with Crippen LogP contribution in [0, 0.1) is 16.2 Å². The molecule has 0 saturated heterocycles. The quantitative estimate of drug-likeness (QED) is 0.412. The average Bonchev–Trinajstić information content (AvgIpc) is 2.65. The van der Waals surface area contributed by atoms with Crippen LogP contribution in [0.25, 0.3) is 0 Å². The summed E-state index contributed by atoms with van der Waals surface area (Å²) in [7, 11) is 9.04. The van der Waals surface area contributed by atoms with Gasteiger partial charge >= 0.3 is 11.9 Å². The number of amides is 1. The summed E-state index contributed by atoms with van der Waals surface area (Å²) in [5, 5.41) is 2.95. The highest BCUT2D eigenvalue weighted by molar-refractivity contribution is 5.84. The van der Waals surface area contributed by atoms with Crippen molar-refractivity contribution in [1.82, 2.24) is 15.1 Å². The van der Waals surface area contributed by atoms with E-state index in [4.69, 9.17) is 9.47 Å². The van der Waals surface area contributed by atoms with Crippen LogP contribution in [0.5, 0.6) is 0 Å². The number of ether oxygens (including phenoxy) is 2. The third kappa shape index (κ3) is 9.56. The number of carbonyl (C=O) groups is 3. The Morgan fingerprint density at radius 2 is 1.39 bits per heavy atom. The lowest BCUT2D eigenvalue weighted by Crippen LogP contribution is -2.47. The normalized spacial score (nSPS) is 15.9. The number of methoxy groups -OCH3 is 1. The standard InChI is InChI=1S/C23H45N3O5/c1-11-22(4,19(28)30-10)17-23(5,20(29)31-15-14-26(8)9)16-21(2,3)18(27)24-12-13-25(6)7/h11-17H2,1-10H3,(H,24,27). The predicted molar refractivity (Wildman–Crippen MR) is 123 cm³/mol. The Labute approximate surface area is 189 Å².